The van der Waals surface area contributed by atoms with Crippen LogP contribution in [-0.4, -0.2) is 31.0 Å². The fourth-order valence-electron chi connectivity index (χ4n) is 1.57. The van der Waals surface area contributed by atoms with E-state index in [0.29, 0.717) is 17.0 Å². The summed E-state index contributed by atoms with van der Waals surface area (Å²) in [4.78, 5) is 14.0. The molecule has 0 aromatic heterocycles. The molecule has 7 nitrogen and oxygen atoms in total. The van der Waals surface area contributed by atoms with Crippen LogP contribution in [0.1, 0.15) is 6.42 Å². The fraction of sp³-hybridized carbons (Fsp3) is 0.333. The van der Waals surface area contributed by atoms with E-state index in [1.54, 1.807) is 0 Å². The summed E-state index contributed by atoms with van der Waals surface area (Å²) in [5.74, 6) is -1.08. The first-order valence-electron chi connectivity index (χ1n) is 5.13. The van der Waals surface area contributed by atoms with Crippen LogP contribution in [0, 0.1) is 15.9 Å². The minimum atomic E-state index is -4.25. The number of non-ortho nitro benzene ring substituents is 1. The summed E-state index contributed by atoms with van der Waals surface area (Å²) in [6.45, 7) is 0.291. The van der Waals surface area contributed by atoms with Crippen LogP contribution >= 0.6 is 15.9 Å². The van der Waals surface area contributed by atoms with Gasteiger partial charge in [-0.25, -0.2) is 12.8 Å². The van der Waals surface area contributed by atoms with Gasteiger partial charge in [-0.05, 0) is 22.4 Å². The molecule has 1 aliphatic rings. The summed E-state index contributed by atoms with van der Waals surface area (Å²) < 4.78 is 38.4. The Morgan fingerprint density at radius 2 is 2.16 bits per heavy atom. The second-order valence-corrected chi connectivity index (χ2v) is 6.37. The van der Waals surface area contributed by atoms with E-state index in [9.17, 15) is 22.9 Å². The van der Waals surface area contributed by atoms with E-state index in [1.807, 2.05) is 0 Å². The second-order valence-electron chi connectivity index (χ2n) is 3.72. The predicted octanol–water partition coefficient (Wildman–Crippen LogP) is 1.82. The Morgan fingerprint density at radius 3 is 2.68 bits per heavy atom. The molecular formula is C9H8BrFN2O5S. The largest absolute Gasteiger partial charge is 0.284 e. The summed E-state index contributed by atoms with van der Waals surface area (Å²) in [7, 11) is -4.25. The van der Waals surface area contributed by atoms with Crippen molar-refractivity contribution in [3.05, 3.63) is 32.5 Å². The van der Waals surface area contributed by atoms with Crippen molar-refractivity contribution in [2.75, 3.05) is 13.2 Å². The number of hydroxylamine groups is 1. The third kappa shape index (κ3) is 2.61. The Balaban J connectivity index is 2.57. The second kappa shape index (κ2) is 5.12. The van der Waals surface area contributed by atoms with Crippen LogP contribution in [0.3, 0.4) is 0 Å². The van der Waals surface area contributed by atoms with Gasteiger partial charge in [0, 0.05) is 18.7 Å². The number of rotatable bonds is 3. The quantitative estimate of drug-likeness (QED) is 0.610. The predicted molar refractivity (Wildman–Crippen MR) is 65.2 cm³/mol. The third-order valence-corrected chi connectivity index (χ3v) is 4.71. The number of benzene rings is 1. The smallest absolute Gasteiger partial charge is 0.272 e. The van der Waals surface area contributed by atoms with Gasteiger partial charge in [0.05, 0.1) is 16.0 Å². The van der Waals surface area contributed by atoms with Gasteiger partial charge < -0.3 is 0 Å². The Bertz CT molecular complexity index is 630. The van der Waals surface area contributed by atoms with Crippen LogP contribution in [0.4, 0.5) is 10.1 Å². The number of nitro benzene ring substituents is 1. The first-order chi connectivity index (χ1) is 8.84. The maximum absolute atomic E-state index is 13.9. The summed E-state index contributed by atoms with van der Waals surface area (Å²) in [5.41, 5.74) is -0.522. The van der Waals surface area contributed by atoms with Gasteiger partial charge in [0.25, 0.3) is 15.7 Å². The van der Waals surface area contributed by atoms with E-state index < -0.39 is 31.3 Å². The van der Waals surface area contributed by atoms with Gasteiger partial charge in [0.15, 0.2) is 5.82 Å². The van der Waals surface area contributed by atoms with Gasteiger partial charge in [-0.2, -0.15) is 0 Å². The molecule has 0 spiro atoms. The fourth-order valence-corrected chi connectivity index (χ4v) is 3.55. The van der Waals surface area contributed by atoms with Gasteiger partial charge in [0.2, 0.25) is 0 Å². The van der Waals surface area contributed by atoms with E-state index in [4.69, 9.17) is 4.84 Å². The lowest BCUT2D eigenvalue weighted by molar-refractivity contribution is -0.385. The van der Waals surface area contributed by atoms with Crippen LogP contribution < -0.4 is 0 Å². The molecule has 0 aliphatic carbocycles. The lowest BCUT2D eigenvalue weighted by Crippen LogP contribution is -2.27. The molecule has 0 saturated carbocycles. The molecule has 0 N–H and O–H groups in total. The number of sulfonamides is 1. The number of nitrogens with zero attached hydrogens (tertiary/aromatic N) is 2. The Hall–Kier alpha value is -1.10. The molecular weight excluding hydrogens is 347 g/mol. The highest BCUT2D eigenvalue weighted by Crippen LogP contribution is 2.31. The first-order valence-corrected chi connectivity index (χ1v) is 7.36. The normalized spacial score (nSPS) is 16.7. The highest BCUT2D eigenvalue weighted by Gasteiger charge is 2.33. The molecule has 1 saturated heterocycles. The molecule has 104 valence electrons. The molecule has 0 amide bonds. The first kappa shape index (κ1) is 14.3. The molecule has 1 aliphatic heterocycles. The zero-order chi connectivity index (χ0) is 14.2. The lowest BCUT2D eigenvalue weighted by Gasteiger charge is -2.15. The maximum Gasteiger partial charge on any atom is 0.272 e. The minimum Gasteiger partial charge on any atom is -0.284 e. The van der Waals surface area contributed by atoms with Crippen molar-refractivity contribution in [3.8, 4) is 0 Å². The average molecular weight is 355 g/mol. The van der Waals surface area contributed by atoms with Gasteiger partial charge in [-0.3, -0.25) is 15.0 Å². The highest BCUT2D eigenvalue weighted by atomic mass is 79.9. The van der Waals surface area contributed by atoms with Crippen molar-refractivity contribution in [2.24, 2.45) is 0 Å². The van der Waals surface area contributed by atoms with Gasteiger partial charge >= 0.3 is 0 Å². The summed E-state index contributed by atoms with van der Waals surface area (Å²) in [6.07, 6.45) is 0.483. The van der Waals surface area contributed by atoms with Crippen LogP contribution in [0.2, 0.25) is 0 Å². The maximum atomic E-state index is 13.9. The van der Waals surface area contributed by atoms with Gasteiger partial charge in [-0.15, -0.1) is 0 Å². The van der Waals surface area contributed by atoms with Crippen molar-refractivity contribution in [1.82, 2.24) is 4.47 Å². The Kier molecular flexibility index (Phi) is 3.85. The molecule has 2 rings (SSSR count). The molecule has 0 unspecified atom stereocenters. The highest BCUT2D eigenvalue weighted by molar-refractivity contribution is 9.10. The van der Waals surface area contributed by atoms with Crippen LogP contribution in [-0.2, 0) is 14.9 Å². The monoisotopic (exact) mass is 354 g/mol. The third-order valence-electron chi connectivity index (χ3n) is 2.46. The molecule has 1 aromatic carbocycles. The molecule has 0 atom stereocenters. The number of hydrogen-bond donors (Lipinski definition) is 0. The number of hydrogen-bond acceptors (Lipinski definition) is 5. The summed E-state index contributed by atoms with van der Waals surface area (Å²) >= 11 is 2.76. The number of nitro groups is 1. The molecule has 10 heteroatoms. The van der Waals surface area contributed by atoms with Gasteiger partial charge in [-0.1, -0.05) is 4.47 Å². The van der Waals surface area contributed by atoms with Crippen molar-refractivity contribution in [2.45, 2.75) is 11.3 Å². The van der Waals surface area contributed by atoms with E-state index >= 15 is 0 Å². The Morgan fingerprint density at radius 1 is 1.47 bits per heavy atom. The van der Waals surface area contributed by atoms with Crippen molar-refractivity contribution in [1.29, 1.82) is 0 Å². The van der Waals surface area contributed by atoms with E-state index in [0.717, 1.165) is 6.07 Å². The van der Waals surface area contributed by atoms with Crippen molar-refractivity contribution >= 4 is 31.6 Å². The summed E-state index contributed by atoms with van der Waals surface area (Å²) in [5, 5.41) is 10.7. The zero-order valence-corrected chi connectivity index (χ0v) is 11.8. The van der Waals surface area contributed by atoms with E-state index in [1.165, 1.54) is 0 Å². The zero-order valence-electron chi connectivity index (χ0n) is 9.38. The van der Waals surface area contributed by atoms with Crippen LogP contribution in [0.15, 0.2) is 21.5 Å². The van der Waals surface area contributed by atoms with Crippen molar-refractivity contribution in [3.63, 3.8) is 0 Å². The van der Waals surface area contributed by atoms with E-state index in [2.05, 4.69) is 15.9 Å². The molecule has 1 fully saturated rings. The number of halogens is 2. The summed E-state index contributed by atoms with van der Waals surface area (Å²) in [6, 6.07) is 1.58. The van der Waals surface area contributed by atoms with Gasteiger partial charge in [0.1, 0.15) is 4.90 Å². The topological polar surface area (TPSA) is 89.8 Å². The molecule has 19 heavy (non-hydrogen) atoms. The van der Waals surface area contributed by atoms with E-state index in [-0.39, 0.29) is 17.6 Å². The molecule has 1 heterocycles. The van der Waals surface area contributed by atoms with Crippen LogP contribution in [0.25, 0.3) is 0 Å². The standard InChI is InChI=1S/C9H8BrFN2O5S/c10-7-4-6(13(14)15)5-8(9(7)11)19(16,17)12-2-1-3-18-12/h4-5H,1-3H2. The lowest BCUT2D eigenvalue weighted by atomic mass is 10.3. The van der Waals surface area contributed by atoms with Crippen molar-refractivity contribution < 1.29 is 22.6 Å². The molecule has 0 radical (unpaired) electrons. The molecule has 0 bridgehead atoms. The average Bonchev–Trinajstić information content (AvgIpc) is 2.86. The SMILES string of the molecule is O=[N+]([O-])c1cc(Br)c(F)c(S(=O)(=O)N2CCCO2)c1. The molecule has 1 aromatic rings. The minimum absolute atomic E-state index is 0.0854. The Labute approximate surface area is 116 Å². The van der Waals surface area contributed by atoms with Crippen LogP contribution in [0.5, 0.6) is 0 Å².